The Bertz CT molecular complexity index is 462. The number of alkyl halides is 3. The molecule has 112 valence electrons. The second kappa shape index (κ2) is 6.71. The number of rotatable bonds is 5. The number of carbonyl (C=O) groups excluding carboxylic acids is 1. The highest BCUT2D eigenvalue weighted by atomic mass is 19.4. The number of carbonyl (C=O) groups is 1. The summed E-state index contributed by atoms with van der Waals surface area (Å²) in [7, 11) is 0. The third-order valence-corrected chi connectivity index (χ3v) is 2.76. The van der Waals surface area contributed by atoms with Gasteiger partial charge in [0.05, 0.1) is 11.7 Å². The first-order chi connectivity index (χ1) is 9.23. The molecule has 0 saturated heterocycles. The van der Waals surface area contributed by atoms with E-state index in [-0.39, 0.29) is 24.4 Å². The van der Waals surface area contributed by atoms with Gasteiger partial charge in [0.2, 0.25) is 5.91 Å². The lowest BCUT2D eigenvalue weighted by molar-refractivity contribution is -0.140. The van der Waals surface area contributed by atoms with Gasteiger partial charge < -0.3 is 15.5 Å². The first kappa shape index (κ1) is 16.5. The second-order valence-corrected chi connectivity index (χ2v) is 4.37. The summed E-state index contributed by atoms with van der Waals surface area (Å²) in [4.78, 5) is 10.6. The number of aliphatic hydroxyl groups excluding tert-OH is 2. The Morgan fingerprint density at radius 2 is 1.90 bits per heavy atom. The van der Waals surface area contributed by atoms with Crippen LogP contribution >= 0.6 is 0 Å². The van der Waals surface area contributed by atoms with Crippen molar-refractivity contribution >= 4 is 5.91 Å². The minimum atomic E-state index is -4.60. The predicted molar refractivity (Wildman–Crippen MR) is 65.7 cm³/mol. The van der Waals surface area contributed by atoms with Crippen LogP contribution in [0.25, 0.3) is 0 Å². The van der Waals surface area contributed by atoms with E-state index in [1.807, 2.05) is 0 Å². The molecule has 0 bridgehead atoms. The fraction of sp³-hybridized carbons (Fsp3) is 0.462. The van der Waals surface area contributed by atoms with E-state index in [1.54, 1.807) is 0 Å². The maximum absolute atomic E-state index is 12.8. The molecule has 1 amide bonds. The molecule has 0 aliphatic heterocycles. The van der Waals surface area contributed by atoms with E-state index in [4.69, 9.17) is 0 Å². The van der Waals surface area contributed by atoms with E-state index in [1.165, 1.54) is 19.1 Å². The molecule has 2 unspecified atom stereocenters. The summed E-state index contributed by atoms with van der Waals surface area (Å²) in [5, 5.41) is 21.9. The highest BCUT2D eigenvalue weighted by molar-refractivity contribution is 5.72. The van der Waals surface area contributed by atoms with Gasteiger partial charge in [-0.3, -0.25) is 4.79 Å². The number of halogens is 3. The standard InChI is InChI=1S/C13H16F3NO3/c1-8(18)17-7-6-11(19)12(20)9-4-2-3-5-10(9)13(14,15)16/h2-5,11-12,19-20H,6-7H2,1H3,(H,17,18). The Labute approximate surface area is 114 Å². The average Bonchev–Trinajstić information content (AvgIpc) is 2.36. The van der Waals surface area contributed by atoms with Crippen molar-refractivity contribution in [3.05, 3.63) is 35.4 Å². The smallest absolute Gasteiger partial charge is 0.390 e. The molecular formula is C13H16F3NO3. The molecule has 0 saturated carbocycles. The van der Waals surface area contributed by atoms with Crippen molar-refractivity contribution in [1.29, 1.82) is 0 Å². The van der Waals surface area contributed by atoms with Gasteiger partial charge in [-0.1, -0.05) is 18.2 Å². The van der Waals surface area contributed by atoms with Crippen molar-refractivity contribution in [3.63, 3.8) is 0 Å². The Morgan fingerprint density at radius 1 is 1.30 bits per heavy atom. The summed E-state index contributed by atoms with van der Waals surface area (Å²) >= 11 is 0. The largest absolute Gasteiger partial charge is 0.416 e. The van der Waals surface area contributed by atoms with Crippen molar-refractivity contribution < 1.29 is 28.2 Å². The SMILES string of the molecule is CC(=O)NCCC(O)C(O)c1ccccc1C(F)(F)F. The second-order valence-electron chi connectivity index (χ2n) is 4.37. The van der Waals surface area contributed by atoms with Gasteiger partial charge in [0.15, 0.2) is 0 Å². The van der Waals surface area contributed by atoms with Crippen LogP contribution in [0, 0.1) is 0 Å². The van der Waals surface area contributed by atoms with E-state index < -0.39 is 23.9 Å². The van der Waals surface area contributed by atoms with E-state index in [2.05, 4.69) is 5.32 Å². The van der Waals surface area contributed by atoms with Gasteiger partial charge in [0.25, 0.3) is 0 Å². The van der Waals surface area contributed by atoms with Crippen molar-refractivity contribution in [1.82, 2.24) is 5.32 Å². The first-order valence-corrected chi connectivity index (χ1v) is 6.00. The van der Waals surface area contributed by atoms with Gasteiger partial charge in [-0.15, -0.1) is 0 Å². The first-order valence-electron chi connectivity index (χ1n) is 6.00. The van der Waals surface area contributed by atoms with Crippen molar-refractivity contribution in [2.75, 3.05) is 6.54 Å². The zero-order valence-electron chi connectivity index (χ0n) is 10.8. The maximum Gasteiger partial charge on any atom is 0.416 e. The molecule has 0 heterocycles. The molecule has 0 aliphatic rings. The third-order valence-electron chi connectivity index (χ3n) is 2.76. The molecule has 2 atom stereocenters. The van der Waals surface area contributed by atoms with E-state index >= 15 is 0 Å². The number of hydrogen-bond acceptors (Lipinski definition) is 3. The third kappa shape index (κ3) is 4.50. The Hall–Kier alpha value is -1.60. The Balaban J connectivity index is 2.81. The molecule has 1 rings (SSSR count). The molecule has 0 fully saturated rings. The van der Waals surface area contributed by atoms with Crippen molar-refractivity contribution in [2.24, 2.45) is 0 Å². The van der Waals surface area contributed by atoms with E-state index in [0.717, 1.165) is 12.1 Å². The van der Waals surface area contributed by atoms with E-state index in [0.29, 0.717) is 0 Å². The quantitative estimate of drug-likeness (QED) is 0.772. The molecular weight excluding hydrogens is 275 g/mol. The number of amides is 1. The molecule has 1 aromatic carbocycles. The number of nitrogens with one attached hydrogen (secondary N) is 1. The lowest BCUT2D eigenvalue weighted by atomic mass is 9.97. The summed E-state index contributed by atoms with van der Waals surface area (Å²) in [6, 6.07) is 4.53. The zero-order chi connectivity index (χ0) is 15.3. The minimum Gasteiger partial charge on any atom is -0.390 e. The highest BCUT2D eigenvalue weighted by Gasteiger charge is 2.35. The lowest BCUT2D eigenvalue weighted by Crippen LogP contribution is -2.28. The summed E-state index contributed by atoms with van der Waals surface area (Å²) in [5.74, 6) is -0.317. The molecule has 1 aromatic rings. The molecule has 4 nitrogen and oxygen atoms in total. The number of hydrogen-bond donors (Lipinski definition) is 3. The minimum absolute atomic E-state index is 0.0487. The van der Waals surface area contributed by atoms with Gasteiger partial charge >= 0.3 is 6.18 Å². The van der Waals surface area contributed by atoms with Crippen molar-refractivity contribution in [3.8, 4) is 0 Å². The molecule has 20 heavy (non-hydrogen) atoms. The summed E-state index contributed by atoms with van der Waals surface area (Å²) in [5.41, 5.74) is -1.36. The maximum atomic E-state index is 12.8. The Morgan fingerprint density at radius 3 is 2.45 bits per heavy atom. The predicted octanol–water partition coefficient (Wildman–Crippen LogP) is 1.63. The molecule has 7 heteroatoms. The van der Waals surface area contributed by atoms with Crippen LogP contribution in [0.4, 0.5) is 13.2 Å². The average molecular weight is 291 g/mol. The van der Waals surface area contributed by atoms with Crippen LogP contribution in [0.3, 0.4) is 0 Å². The molecule has 0 aromatic heterocycles. The van der Waals surface area contributed by atoms with Crippen LogP contribution < -0.4 is 5.32 Å². The topological polar surface area (TPSA) is 69.6 Å². The van der Waals surface area contributed by atoms with Crippen LogP contribution in [0.1, 0.15) is 30.6 Å². The molecule has 3 N–H and O–H groups in total. The van der Waals surface area contributed by atoms with Crippen LogP contribution in [0.15, 0.2) is 24.3 Å². The molecule has 0 aliphatic carbocycles. The van der Waals surface area contributed by atoms with Crippen LogP contribution in [0.5, 0.6) is 0 Å². The number of aliphatic hydroxyl groups is 2. The Kier molecular flexibility index (Phi) is 5.52. The lowest BCUT2D eigenvalue weighted by Gasteiger charge is -2.21. The fourth-order valence-electron chi connectivity index (χ4n) is 1.77. The number of benzene rings is 1. The molecule has 0 spiro atoms. The molecule has 0 radical (unpaired) electrons. The van der Waals surface area contributed by atoms with Crippen molar-refractivity contribution in [2.45, 2.75) is 31.7 Å². The van der Waals surface area contributed by atoms with Crippen LogP contribution in [0.2, 0.25) is 0 Å². The fourth-order valence-corrected chi connectivity index (χ4v) is 1.77. The van der Waals surface area contributed by atoms with Crippen LogP contribution in [-0.4, -0.2) is 28.8 Å². The van der Waals surface area contributed by atoms with Gasteiger partial charge in [-0.25, -0.2) is 0 Å². The highest BCUT2D eigenvalue weighted by Crippen LogP contribution is 2.35. The van der Waals surface area contributed by atoms with Gasteiger partial charge in [0, 0.05) is 13.5 Å². The normalized spacial score (nSPS) is 14.7. The van der Waals surface area contributed by atoms with E-state index in [9.17, 15) is 28.2 Å². The summed E-state index contributed by atoms with van der Waals surface area (Å²) in [6.45, 7) is 1.35. The summed E-state index contributed by atoms with van der Waals surface area (Å²) < 4.78 is 38.3. The van der Waals surface area contributed by atoms with Gasteiger partial charge in [-0.05, 0) is 18.1 Å². The zero-order valence-corrected chi connectivity index (χ0v) is 10.8. The van der Waals surface area contributed by atoms with Gasteiger partial charge in [0.1, 0.15) is 6.10 Å². The monoisotopic (exact) mass is 291 g/mol. The van der Waals surface area contributed by atoms with Crippen LogP contribution in [-0.2, 0) is 11.0 Å². The van der Waals surface area contributed by atoms with Gasteiger partial charge in [-0.2, -0.15) is 13.2 Å². The summed E-state index contributed by atoms with van der Waals surface area (Å²) in [6.07, 6.45) is -7.71.